The Bertz CT molecular complexity index is 592. The average molecular weight is 294 g/mol. The number of halogens is 1. The van der Waals surface area contributed by atoms with Crippen LogP contribution in [0, 0.1) is 5.92 Å². The van der Waals surface area contributed by atoms with Gasteiger partial charge >= 0.3 is 0 Å². The highest BCUT2D eigenvalue weighted by molar-refractivity contribution is 6.17. The number of carbonyl (C=O) groups is 1. The minimum absolute atomic E-state index is 0.0117. The monoisotopic (exact) mass is 293 g/mol. The highest BCUT2D eigenvalue weighted by Crippen LogP contribution is 2.16. The molecule has 0 saturated heterocycles. The summed E-state index contributed by atoms with van der Waals surface area (Å²) in [4.78, 5) is 16.6. The van der Waals surface area contributed by atoms with E-state index in [0.29, 0.717) is 31.3 Å². The first-order valence-corrected chi connectivity index (χ1v) is 7.42. The van der Waals surface area contributed by atoms with Gasteiger partial charge in [0.15, 0.2) is 0 Å². The Labute approximate surface area is 124 Å². The molecule has 4 nitrogen and oxygen atoms in total. The zero-order valence-electron chi connectivity index (χ0n) is 11.9. The number of aromatic nitrogens is 2. The maximum Gasteiger partial charge on any atom is 0.240 e. The van der Waals surface area contributed by atoms with E-state index in [-0.39, 0.29) is 5.91 Å². The van der Waals surface area contributed by atoms with E-state index in [1.165, 1.54) is 0 Å². The largest absolute Gasteiger partial charge is 0.354 e. The summed E-state index contributed by atoms with van der Waals surface area (Å²) in [6.07, 6.45) is 0.660. The number of hydrogen-bond donors (Lipinski definition) is 1. The fourth-order valence-electron chi connectivity index (χ4n) is 2.09. The summed E-state index contributed by atoms with van der Waals surface area (Å²) in [6.45, 7) is 5.13. The average Bonchev–Trinajstić information content (AvgIpc) is 2.75. The number of nitrogens with zero attached hydrogens (tertiary/aromatic N) is 2. The second-order valence-electron chi connectivity index (χ2n) is 5.24. The van der Waals surface area contributed by atoms with Crippen molar-refractivity contribution in [1.82, 2.24) is 14.9 Å². The predicted molar refractivity (Wildman–Crippen MR) is 82.0 cm³/mol. The van der Waals surface area contributed by atoms with Crippen LogP contribution in [-0.4, -0.2) is 27.9 Å². The van der Waals surface area contributed by atoms with Gasteiger partial charge in [0.25, 0.3) is 0 Å². The van der Waals surface area contributed by atoms with Crippen LogP contribution in [-0.2, 0) is 17.8 Å². The Kier molecular flexibility index (Phi) is 5.01. The molecule has 108 valence electrons. The van der Waals surface area contributed by atoms with Gasteiger partial charge in [-0.3, -0.25) is 4.79 Å². The van der Waals surface area contributed by atoms with Crippen molar-refractivity contribution in [3.63, 3.8) is 0 Å². The lowest BCUT2D eigenvalue weighted by Gasteiger charge is -2.10. The number of aryl methyl sites for hydroxylation is 1. The fourth-order valence-corrected chi connectivity index (χ4v) is 2.26. The van der Waals surface area contributed by atoms with Gasteiger partial charge in [0, 0.05) is 18.8 Å². The first-order valence-electron chi connectivity index (χ1n) is 6.88. The quantitative estimate of drug-likeness (QED) is 0.832. The van der Waals surface area contributed by atoms with Gasteiger partial charge in [-0.2, -0.15) is 0 Å². The molecule has 0 saturated carbocycles. The van der Waals surface area contributed by atoms with Gasteiger partial charge in [-0.05, 0) is 18.1 Å². The Balaban J connectivity index is 2.22. The zero-order chi connectivity index (χ0) is 14.5. The summed E-state index contributed by atoms with van der Waals surface area (Å²) in [7, 11) is 0. The normalized spacial score (nSPS) is 11.2. The third-order valence-corrected chi connectivity index (χ3v) is 3.25. The first kappa shape index (κ1) is 14.9. The topological polar surface area (TPSA) is 46.9 Å². The van der Waals surface area contributed by atoms with Gasteiger partial charge in [-0.15, -0.1) is 11.6 Å². The SMILES string of the molecule is CC(C)CNC(=O)Cn1c(CCCl)nc2ccccc21. The van der Waals surface area contributed by atoms with Gasteiger partial charge in [-0.25, -0.2) is 4.98 Å². The molecule has 0 fully saturated rings. The van der Waals surface area contributed by atoms with Crippen LogP contribution in [0.5, 0.6) is 0 Å². The van der Waals surface area contributed by atoms with E-state index < -0.39 is 0 Å². The number of imidazole rings is 1. The van der Waals surface area contributed by atoms with Crippen LogP contribution in [0.25, 0.3) is 11.0 Å². The van der Waals surface area contributed by atoms with Crippen molar-refractivity contribution >= 4 is 28.5 Å². The molecule has 2 aromatic rings. The molecule has 1 aromatic heterocycles. The van der Waals surface area contributed by atoms with Gasteiger partial charge in [0.2, 0.25) is 5.91 Å². The molecule has 0 spiro atoms. The number of rotatable bonds is 6. The Hall–Kier alpha value is -1.55. The van der Waals surface area contributed by atoms with Crippen LogP contribution in [0.3, 0.4) is 0 Å². The third kappa shape index (κ3) is 3.51. The molecule has 0 aliphatic heterocycles. The molecule has 1 amide bonds. The molecular formula is C15H20ClN3O. The second kappa shape index (κ2) is 6.75. The molecule has 0 atom stereocenters. The number of para-hydroxylation sites is 2. The number of fused-ring (bicyclic) bond motifs is 1. The lowest BCUT2D eigenvalue weighted by Crippen LogP contribution is -2.31. The van der Waals surface area contributed by atoms with E-state index in [9.17, 15) is 4.79 Å². The standard InChI is InChI=1S/C15H20ClN3O/c1-11(2)9-17-15(20)10-19-13-6-4-3-5-12(13)18-14(19)7-8-16/h3-6,11H,7-10H2,1-2H3,(H,17,20). The summed E-state index contributed by atoms with van der Waals surface area (Å²) in [5.74, 6) is 1.82. The van der Waals surface area contributed by atoms with Gasteiger partial charge < -0.3 is 9.88 Å². The number of benzene rings is 1. The van der Waals surface area contributed by atoms with E-state index in [1.807, 2.05) is 28.8 Å². The molecular weight excluding hydrogens is 274 g/mol. The number of amides is 1. The Morgan fingerprint density at radius 1 is 1.40 bits per heavy atom. The van der Waals surface area contributed by atoms with E-state index in [2.05, 4.69) is 24.1 Å². The molecule has 1 aromatic carbocycles. The predicted octanol–water partition coefficient (Wildman–Crippen LogP) is 2.59. The van der Waals surface area contributed by atoms with Crippen molar-refractivity contribution in [2.75, 3.05) is 12.4 Å². The number of carbonyl (C=O) groups excluding carboxylic acids is 1. The smallest absolute Gasteiger partial charge is 0.240 e. The molecule has 0 aliphatic rings. The van der Waals surface area contributed by atoms with E-state index >= 15 is 0 Å². The zero-order valence-corrected chi connectivity index (χ0v) is 12.7. The molecule has 0 bridgehead atoms. The van der Waals surface area contributed by atoms with Crippen LogP contribution < -0.4 is 5.32 Å². The van der Waals surface area contributed by atoms with Gasteiger partial charge in [0.1, 0.15) is 12.4 Å². The fraction of sp³-hybridized carbons (Fsp3) is 0.467. The molecule has 1 heterocycles. The highest BCUT2D eigenvalue weighted by Gasteiger charge is 2.13. The number of alkyl halides is 1. The van der Waals surface area contributed by atoms with Crippen LogP contribution in [0.2, 0.25) is 0 Å². The highest BCUT2D eigenvalue weighted by atomic mass is 35.5. The van der Waals surface area contributed by atoms with Crippen molar-refractivity contribution in [3.8, 4) is 0 Å². The molecule has 20 heavy (non-hydrogen) atoms. The number of nitrogens with one attached hydrogen (secondary N) is 1. The van der Waals surface area contributed by atoms with Crippen LogP contribution >= 0.6 is 11.6 Å². The molecule has 0 unspecified atom stereocenters. The van der Waals surface area contributed by atoms with Crippen LogP contribution in [0.4, 0.5) is 0 Å². The van der Waals surface area contributed by atoms with E-state index in [0.717, 1.165) is 16.9 Å². The summed E-state index contributed by atoms with van der Waals surface area (Å²) in [6, 6.07) is 7.84. The van der Waals surface area contributed by atoms with Gasteiger partial charge in [0.05, 0.1) is 11.0 Å². The van der Waals surface area contributed by atoms with Gasteiger partial charge in [-0.1, -0.05) is 26.0 Å². The van der Waals surface area contributed by atoms with Crippen molar-refractivity contribution in [1.29, 1.82) is 0 Å². The van der Waals surface area contributed by atoms with Crippen LogP contribution in [0.15, 0.2) is 24.3 Å². The van der Waals surface area contributed by atoms with Crippen molar-refractivity contribution < 1.29 is 4.79 Å². The molecule has 1 N–H and O–H groups in total. The Morgan fingerprint density at radius 2 is 2.15 bits per heavy atom. The van der Waals surface area contributed by atoms with Crippen LogP contribution in [0.1, 0.15) is 19.7 Å². The summed E-state index contributed by atoms with van der Waals surface area (Å²) >= 11 is 5.82. The van der Waals surface area contributed by atoms with E-state index in [1.54, 1.807) is 0 Å². The second-order valence-corrected chi connectivity index (χ2v) is 5.62. The molecule has 0 radical (unpaired) electrons. The minimum atomic E-state index is 0.0117. The maximum absolute atomic E-state index is 12.0. The van der Waals surface area contributed by atoms with Crippen molar-refractivity contribution in [2.24, 2.45) is 5.92 Å². The maximum atomic E-state index is 12.0. The Morgan fingerprint density at radius 3 is 2.85 bits per heavy atom. The first-order chi connectivity index (χ1) is 9.61. The number of hydrogen-bond acceptors (Lipinski definition) is 2. The van der Waals surface area contributed by atoms with Crippen molar-refractivity contribution in [3.05, 3.63) is 30.1 Å². The third-order valence-electron chi connectivity index (χ3n) is 3.06. The molecule has 0 aliphatic carbocycles. The summed E-state index contributed by atoms with van der Waals surface area (Å²) in [5.41, 5.74) is 1.89. The lowest BCUT2D eigenvalue weighted by atomic mass is 10.2. The molecule has 2 rings (SSSR count). The molecule has 5 heteroatoms. The summed E-state index contributed by atoms with van der Waals surface area (Å²) in [5, 5.41) is 2.93. The minimum Gasteiger partial charge on any atom is -0.354 e. The van der Waals surface area contributed by atoms with E-state index in [4.69, 9.17) is 11.6 Å². The summed E-state index contributed by atoms with van der Waals surface area (Å²) < 4.78 is 1.95. The lowest BCUT2D eigenvalue weighted by molar-refractivity contribution is -0.121. The van der Waals surface area contributed by atoms with Crippen molar-refractivity contribution in [2.45, 2.75) is 26.8 Å².